The standard InChI is InChI=1S/C14H19IO/c1-8(2)12-6-11(15)7-13(14(12)16)9(3)10-4-5-10/h6-10,16H,4-5H2,1-3H3/t9-/m1/s1. The second-order valence-corrected chi connectivity index (χ2v) is 6.46. The van der Waals surface area contributed by atoms with Crippen molar-refractivity contribution in [1.82, 2.24) is 0 Å². The van der Waals surface area contributed by atoms with Crippen molar-refractivity contribution in [2.24, 2.45) is 5.92 Å². The highest BCUT2D eigenvalue weighted by atomic mass is 127. The summed E-state index contributed by atoms with van der Waals surface area (Å²) in [5.74, 6) is 2.23. The monoisotopic (exact) mass is 330 g/mol. The number of rotatable bonds is 3. The predicted octanol–water partition coefficient (Wildman–Crippen LogP) is 4.63. The van der Waals surface area contributed by atoms with E-state index in [9.17, 15) is 5.11 Å². The van der Waals surface area contributed by atoms with Crippen molar-refractivity contribution >= 4 is 22.6 Å². The van der Waals surface area contributed by atoms with Gasteiger partial charge in [-0.3, -0.25) is 0 Å². The Bertz CT molecular complexity index is 394. The van der Waals surface area contributed by atoms with Gasteiger partial charge in [0.25, 0.3) is 0 Å². The molecule has 1 aliphatic carbocycles. The summed E-state index contributed by atoms with van der Waals surface area (Å²) in [6, 6.07) is 4.24. The number of phenolic OH excluding ortho intramolecular Hbond substituents is 1. The first kappa shape index (κ1) is 12.2. The first-order chi connectivity index (χ1) is 7.50. The summed E-state index contributed by atoms with van der Waals surface area (Å²) in [7, 11) is 0. The molecule has 1 aromatic carbocycles. The van der Waals surface area contributed by atoms with E-state index in [0.717, 1.165) is 17.0 Å². The third kappa shape index (κ3) is 2.36. The van der Waals surface area contributed by atoms with E-state index in [1.807, 2.05) is 0 Å². The minimum Gasteiger partial charge on any atom is -0.507 e. The number of phenols is 1. The van der Waals surface area contributed by atoms with E-state index < -0.39 is 0 Å². The highest BCUT2D eigenvalue weighted by Crippen LogP contribution is 2.46. The van der Waals surface area contributed by atoms with Crippen LogP contribution in [0.25, 0.3) is 0 Å². The molecule has 1 aromatic rings. The first-order valence-electron chi connectivity index (χ1n) is 6.03. The van der Waals surface area contributed by atoms with Crippen molar-refractivity contribution in [3.63, 3.8) is 0 Å². The van der Waals surface area contributed by atoms with Gasteiger partial charge < -0.3 is 5.11 Å². The molecule has 16 heavy (non-hydrogen) atoms. The second-order valence-electron chi connectivity index (χ2n) is 5.21. The van der Waals surface area contributed by atoms with Crippen LogP contribution in [0.4, 0.5) is 0 Å². The Balaban J connectivity index is 2.43. The SMILES string of the molecule is CC(C)c1cc(I)cc([C@H](C)C2CC2)c1O. The zero-order valence-corrected chi connectivity index (χ0v) is 12.3. The van der Waals surface area contributed by atoms with E-state index in [0.29, 0.717) is 17.6 Å². The fourth-order valence-electron chi connectivity index (χ4n) is 2.28. The Kier molecular flexibility index (Phi) is 3.48. The van der Waals surface area contributed by atoms with Crippen LogP contribution in [-0.2, 0) is 0 Å². The molecule has 1 nitrogen and oxygen atoms in total. The van der Waals surface area contributed by atoms with Gasteiger partial charge in [0.15, 0.2) is 0 Å². The lowest BCUT2D eigenvalue weighted by atomic mass is 9.90. The molecule has 2 heteroatoms. The van der Waals surface area contributed by atoms with E-state index in [-0.39, 0.29) is 0 Å². The van der Waals surface area contributed by atoms with Crippen LogP contribution in [0.2, 0.25) is 0 Å². The van der Waals surface area contributed by atoms with E-state index in [1.54, 1.807) is 0 Å². The summed E-state index contributed by atoms with van der Waals surface area (Å²) >= 11 is 2.35. The molecule has 0 unspecified atom stereocenters. The van der Waals surface area contributed by atoms with Gasteiger partial charge in [0, 0.05) is 3.57 Å². The van der Waals surface area contributed by atoms with Crippen LogP contribution in [-0.4, -0.2) is 5.11 Å². The number of benzene rings is 1. The number of halogens is 1. The summed E-state index contributed by atoms with van der Waals surface area (Å²) in [4.78, 5) is 0. The molecule has 1 atom stereocenters. The lowest BCUT2D eigenvalue weighted by Crippen LogP contribution is -2.00. The van der Waals surface area contributed by atoms with Crippen LogP contribution in [0.1, 0.15) is 56.6 Å². The molecule has 0 spiro atoms. The van der Waals surface area contributed by atoms with E-state index in [2.05, 4.69) is 55.5 Å². The van der Waals surface area contributed by atoms with Crippen LogP contribution in [0.15, 0.2) is 12.1 Å². The Labute approximate surface area is 111 Å². The molecule has 0 bridgehead atoms. The van der Waals surface area contributed by atoms with Crippen LogP contribution < -0.4 is 0 Å². The smallest absolute Gasteiger partial charge is 0.122 e. The molecular formula is C14H19IO. The molecule has 1 fully saturated rings. The Morgan fingerprint density at radius 3 is 2.25 bits per heavy atom. The van der Waals surface area contributed by atoms with Crippen molar-refractivity contribution in [3.8, 4) is 5.75 Å². The maximum atomic E-state index is 10.3. The fraction of sp³-hybridized carbons (Fsp3) is 0.571. The Hall–Kier alpha value is -0.250. The normalized spacial score (nSPS) is 17.8. The molecule has 1 saturated carbocycles. The summed E-state index contributed by atoms with van der Waals surface area (Å²) in [6.45, 7) is 6.51. The predicted molar refractivity (Wildman–Crippen MR) is 76.1 cm³/mol. The molecule has 0 radical (unpaired) electrons. The lowest BCUT2D eigenvalue weighted by molar-refractivity contribution is 0.448. The molecule has 0 aliphatic heterocycles. The van der Waals surface area contributed by atoms with Crippen LogP contribution in [0, 0.1) is 9.49 Å². The van der Waals surface area contributed by atoms with Gasteiger partial charge in [-0.1, -0.05) is 20.8 Å². The third-order valence-electron chi connectivity index (χ3n) is 3.58. The van der Waals surface area contributed by atoms with Crippen molar-refractivity contribution in [1.29, 1.82) is 0 Å². The summed E-state index contributed by atoms with van der Waals surface area (Å²) in [5.41, 5.74) is 2.24. The quantitative estimate of drug-likeness (QED) is 0.801. The van der Waals surface area contributed by atoms with Gasteiger partial charge in [-0.05, 0) is 76.4 Å². The molecule has 2 rings (SSSR count). The van der Waals surface area contributed by atoms with Crippen molar-refractivity contribution < 1.29 is 5.11 Å². The highest BCUT2D eigenvalue weighted by molar-refractivity contribution is 14.1. The van der Waals surface area contributed by atoms with Crippen molar-refractivity contribution in [2.45, 2.75) is 45.4 Å². The minimum atomic E-state index is 0.389. The third-order valence-corrected chi connectivity index (χ3v) is 4.20. The molecular weight excluding hydrogens is 311 g/mol. The minimum absolute atomic E-state index is 0.389. The average molecular weight is 330 g/mol. The zero-order chi connectivity index (χ0) is 11.9. The molecule has 0 aromatic heterocycles. The van der Waals surface area contributed by atoms with Gasteiger partial charge in [0.05, 0.1) is 0 Å². The Morgan fingerprint density at radius 2 is 1.75 bits per heavy atom. The zero-order valence-electron chi connectivity index (χ0n) is 10.1. The molecule has 0 heterocycles. The summed E-state index contributed by atoms with van der Waals surface area (Å²) < 4.78 is 1.24. The second kappa shape index (κ2) is 4.55. The average Bonchev–Trinajstić information content (AvgIpc) is 3.03. The van der Waals surface area contributed by atoms with Crippen LogP contribution in [0.3, 0.4) is 0 Å². The van der Waals surface area contributed by atoms with Gasteiger partial charge >= 0.3 is 0 Å². The van der Waals surface area contributed by atoms with Crippen molar-refractivity contribution in [3.05, 3.63) is 26.8 Å². The largest absolute Gasteiger partial charge is 0.507 e. The number of aromatic hydroxyl groups is 1. The first-order valence-corrected chi connectivity index (χ1v) is 7.11. The maximum absolute atomic E-state index is 10.3. The van der Waals surface area contributed by atoms with Crippen LogP contribution in [0.5, 0.6) is 5.75 Å². The Morgan fingerprint density at radius 1 is 1.19 bits per heavy atom. The molecule has 0 saturated heterocycles. The fourth-order valence-corrected chi connectivity index (χ4v) is 2.95. The van der Waals surface area contributed by atoms with Gasteiger partial charge in [-0.15, -0.1) is 0 Å². The maximum Gasteiger partial charge on any atom is 0.122 e. The highest BCUT2D eigenvalue weighted by Gasteiger charge is 2.31. The topological polar surface area (TPSA) is 20.2 Å². The molecule has 0 amide bonds. The van der Waals surface area contributed by atoms with Crippen molar-refractivity contribution in [2.75, 3.05) is 0 Å². The number of hydrogen-bond acceptors (Lipinski definition) is 1. The molecule has 88 valence electrons. The van der Waals surface area contributed by atoms with Gasteiger partial charge in [-0.25, -0.2) is 0 Å². The van der Waals surface area contributed by atoms with E-state index in [4.69, 9.17) is 0 Å². The molecule has 1 N–H and O–H groups in total. The van der Waals surface area contributed by atoms with Crippen LogP contribution >= 0.6 is 22.6 Å². The number of hydrogen-bond donors (Lipinski definition) is 1. The van der Waals surface area contributed by atoms with Gasteiger partial charge in [0.1, 0.15) is 5.75 Å². The van der Waals surface area contributed by atoms with Gasteiger partial charge in [0.2, 0.25) is 0 Å². The van der Waals surface area contributed by atoms with Gasteiger partial charge in [-0.2, -0.15) is 0 Å². The molecule has 1 aliphatic rings. The van der Waals surface area contributed by atoms with E-state index >= 15 is 0 Å². The summed E-state index contributed by atoms with van der Waals surface area (Å²) in [5, 5.41) is 10.3. The summed E-state index contributed by atoms with van der Waals surface area (Å²) in [6.07, 6.45) is 2.65. The lowest BCUT2D eigenvalue weighted by Gasteiger charge is -2.18. The van der Waals surface area contributed by atoms with E-state index in [1.165, 1.54) is 16.4 Å².